The van der Waals surface area contributed by atoms with Gasteiger partial charge in [-0.25, -0.2) is 0 Å². The van der Waals surface area contributed by atoms with Crippen molar-refractivity contribution in [1.29, 1.82) is 0 Å². The second-order valence-corrected chi connectivity index (χ2v) is 5.58. The molecular formula is C17H22O10. The van der Waals surface area contributed by atoms with Crippen molar-refractivity contribution in [3.8, 4) is 12.3 Å². The van der Waals surface area contributed by atoms with E-state index in [0.29, 0.717) is 0 Å². The summed E-state index contributed by atoms with van der Waals surface area (Å²) >= 11 is 0. The van der Waals surface area contributed by atoms with E-state index in [4.69, 9.17) is 34.8 Å². The number of terminal acetylenes is 1. The van der Waals surface area contributed by atoms with Gasteiger partial charge < -0.3 is 28.4 Å². The molecule has 1 saturated heterocycles. The lowest BCUT2D eigenvalue weighted by Crippen LogP contribution is -2.62. The minimum Gasteiger partial charge on any atom is -0.463 e. The maximum atomic E-state index is 11.6. The molecule has 0 aromatic heterocycles. The van der Waals surface area contributed by atoms with Gasteiger partial charge in [-0.1, -0.05) is 5.92 Å². The summed E-state index contributed by atoms with van der Waals surface area (Å²) in [5.41, 5.74) is 0. The van der Waals surface area contributed by atoms with E-state index in [2.05, 4.69) is 5.92 Å². The molecular weight excluding hydrogens is 364 g/mol. The van der Waals surface area contributed by atoms with Gasteiger partial charge in [0.25, 0.3) is 0 Å². The number of esters is 4. The highest BCUT2D eigenvalue weighted by atomic mass is 16.7. The lowest BCUT2D eigenvalue weighted by Gasteiger charge is -2.43. The Morgan fingerprint density at radius 3 is 1.85 bits per heavy atom. The molecule has 1 rings (SSSR count). The van der Waals surface area contributed by atoms with Crippen LogP contribution in [0.15, 0.2) is 0 Å². The van der Waals surface area contributed by atoms with E-state index in [1.54, 1.807) is 0 Å². The van der Waals surface area contributed by atoms with E-state index in [0.717, 1.165) is 20.8 Å². The average Bonchev–Trinajstić information content (AvgIpc) is 2.54. The number of hydrogen-bond donors (Lipinski definition) is 0. The fraction of sp³-hybridized carbons (Fsp3) is 0.647. The molecule has 0 aromatic carbocycles. The van der Waals surface area contributed by atoms with Crippen LogP contribution in [0.5, 0.6) is 0 Å². The van der Waals surface area contributed by atoms with Gasteiger partial charge in [0.05, 0.1) is 0 Å². The Bertz CT molecular complexity index is 607. The van der Waals surface area contributed by atoms with Crippen LogP contribution >= 0.6 is 0 Å². The van der Waals surface area contributed by atoms with Crippen molar-refractivity contribution < 1.29 is 47.6 Å². The zero-order chi connectivity index (χ0) is 20.6. The van der Waals surface area contributed by atoms with Crippen molar-refractivity contribution in [1.82, 2.24) is 0 Å². The van der Waals surface area contributed by atoms with Crippen molar-refractivity contribution in [3.63, 3.8) is 0 Å². The van der Waals surface area contributed by atoms with E-state index in [1.807, 2.05) is 0 Å². The molecule has 10 heteroatoms. The van der Waals surface area contributed by atoms with Gasteiger partial charge in [-0.3, -0.25) is 19.2 Å². The lowest BCUT2D eigenvalue weighted by atomic mass is 9.98. The molecule has 1 aliphatic heterocycles. The maximum Gasteiger partial charge on any atom is 0.303 e. The predicted octanol–water partition coefficient (Wildman–Crippen LogP) is -0.281. The third kappa shape index (κ3) is 7.24. The van der Waals surface area contributed by atoms with Gasteiger partial charge in [0, 0.05) is 27.7 Å². The first-order valence-electron chi connectivity index (χ1n) is 8.01. The molecule has 0 saturated carbocycles. The van der Waals surface area contributed by atoms with Gasteiger partial charge >= 0.3 is 23.9 Å². The molecule has 27 heavy (non-hydrogen) atoms. The Hall–Kier alpha value is -2.64. The van der Waals surface area contributed by atoms with Crippen molar-refractivity contribution >= 4 is 23.9 Å². The summed E-state index contributed by atoms with van der Waals surface area (Å²) in [7, 11) is 0. The Kier molecular flexibility index (Phi) is 8.71. The predicted molar refractivity (Wildman–Crippen MR) is 86.7 cm³/mol. The van der Waals surface area contributed by atoms with E-state index >= 15 is 0 Å². The highest BCUT2D eigenvalue weighted by Gasteiger charge is 2.52. The van der Waals surface area contributed by atoms with E-state index in [-0.39, 0.29) is 13.2 Å². The highest BCUT2D eigenvalue weighted by Crippen LogP contribution is 2.29. The molecule has 0 bridgehead atoms. The van der Waals surface area contributed by atoms with Gasteiger partial charge in [0.15, 0.2) is 24.6 Å². The smallest absolute Gasteiger partial charge is 0.303 e. The fourth-order valence-corrected chi connectivity index (χ4v) is 2.45. The molecule has 0 aliphatic carbocycles. The van der Waals surface area contributed by atoms with Crippen LogP contribution in [0.25, 0.3) is 0 Å². The molecule has 0 radical (unpaired) electrons. The Morgan fingerprint density at radius 1 is 0.852 bits per heavy atom. The SMILES string of the molecule is C#CCO[C@H]1O[C@H](COC(C)=O)[C@@H](OC(C)=O)[C@H](OC(C)=O)[C@@H]1OC(C)=O. The first-order chi connectivity index (χ1) is 12.6. The normalized spacial score (nSPS) is 27.0. The van der Waals surface area contributed by atoms with Gasteiger partial charge in [0.1, 0.15) is 19.3 Å². The van der Waals surface area contributed by atoms with Crippen LogP contribution in [0.3, 0.4) is 0 Å². The molecule has 1 fully saturated rings. The topological polar surface area (TPSA) is 124 Å². The number of carbonyl (C=O) groups is 4. The van der Waals surface area contributed by atoms with Crippen LogP contribution in [0.1, 0.15) is 27.7 Å². The van der Waals surface area contributed by atoms with Crippen LogP contribution in [0.4, 0.5) is 0 Å². The highest BCUT2D eigenvalue weighted by molar-refractivity contribution is 5.68. The summed E-state index contributed by atoms with van der Waals surface area (Å²) in [4.78, 5) is 45.7. The summed E-state index contributed by atoms with van der Waals surface area (Å²) in [5.74, 6) is -0.519. The Labute approximate surface area is 156 Å². The monoisotopic (exact) mass is 386 g/mol. The fourth-order valence-electron chi connectivity index (χ4n) is 2.45. The molecule has 5 atom stereocenters. The quantitative estimate of drug-likeness (QED) is 0.328. The van der Waals surface area contributed by atoms with Crippen LogP contribution in [0.2, 0.25) is 0 Å². The summed E-state index contributed by atoms with van der Waals surface area (Å²) in [6.07, 6.45) is -0.894. The number of carbonyl (C=O) groups excluding carboxylic acids is 4. The first-order valence-corrected chi connectivity index (χ1v) is 8.01. The second kappa shape index (κ2) is 10.5. The van der Waals surface area contributed by atoms with Gasteiger partial charge in [-0.2, -0.15) is 0 Å². The zero-order valence-corrected chi connectivity index (χ0v) is 15.5. The summed E-state index contributed by atoms with van der Waals surface area (Å²) < 4.78 is 31.5. The van der Waals surface area contributed by atoms with Gasteiger partial charge in [0.2, 0.25) is 0 Å². The third-order valence-electron chi connectivity index (χ3n) is 3.28. The average molecular weight is 386 g/mol. The second-order valence-electron chi connectivity index (χ2n) is 5.58. The van der Waals surface area contributed by atoms with E-state index in [9.17, 15) is 19.2 Å². The molecule has 150 valence electrons. The minimum absolute atomic E-state index is 0.201. The lowest BCUT2D eigenvalue weighted by molar-refractivity contribution is -0.305. The van der Waals surface area contributed by atoms with Crippen molar-refractivity contribution in [2.24, 2.45) is 0 Å². The summed E-state index contributed by atoms with van der Waals surface area (Å²) in [5, 5.41) is 0. The molecule has 0 amide bonds. The van der Waals surface area contributed by atoms with Crippen molar-refractivity contribution in [2.45, 2.75) is 58.4 Å². The largest absolute Gasteiger partial charge is 0.463 e. The zero-order valence-electron chi connectivity index (χ0n) is 15.5. The molecule has 0 N–H and O–H groups in total. The molecule has 0 spiro atoms. The number of hydrogen-bond acceptors (Lipinski definition) is 10. The van der Waals surface area contributed by atoms with Gasteiger partial charge in [-0.05, 0) is 0 Å². The summed E-state index contributed by atoms with van der Waals surface area (Å²) in [6, 6.07) is 0. The Balaban J connectivity index is 3.25. The van der Waals surface area contributed by atoms with Crippen molar-refractivity contribution in [2.75, 3.05) is 13.2 Å². The van der Waals surface area contributed by atoms with Gasteiger partial charge in [-0.15, -0.1) is 6.42 Å². The molecule has 1 aliphatic rings. The molecule has 0 unspecified atom stereocenters. The molecule has 1 heterocycles. The number of rotatable bonds is 7. The first kappa shape index (κ1) is 22.4. The Morgan fingerprint density at radius 2 is 1.37 bits per heavy atom. The number of ether oxygens (including phenoxy) is 6. The minimum atomic E-state index is -1.27. The van der Waals surface area contributed by atoms with Crippen molar-refractivity contribution in [3.05, 3.63) is 0 Å². The van der Waals surface area contributed by atoms with Crippen LogP contribution in [-0.2, 0) is 47.6 Å². The van der Waals surface area contributed by atoms with Crippen LogP contribution < -0.4 is 0 Å². The van der Waals surface area contributed by atoms with Crippen LogP contribution in [-0.4, -0.2) is 67.8 Å². The molecule has 0 aromatic rings. The standard InChI is InChI=1S/C17H22O10/c1-6-7-22-17-16(26-12(5)21)15(25-11(4)20)14(24-10(3)19)13(27-17)8-23-9(2)18/h1,13-17H,7-8H2,2-5H3/t13-,14-,15+,16+,17+/m1/s1. The molecule has 10 nitrogen and oxygen atoms in total. The summed E-state index contributed by atoms with van der Waals surface area (Å²) in [6.45, 7) is 4.05. The van der Waals surface area contributed by atoms with E-state index in [1.165, 1.54) is 6.92 Å². The maximum absolute atomic E-state index is 11.6. The van der Waals surface area contributed by atoms with Crippen LogP contribution in [0, 0.1) is 12.3 Å². The third-order valence-corrected chi connectivity index (χ3v) is 3.28. The van der Waals surface area contributed by atoms with E-state index < -0.39 is 54.6 Å².